The third kappa shape index (κ3) is 8.70. The molecular formula is C29H30BrN3O8. The van der Waals surface area contributed by atoms with E-state index >= 15 is 0 Å². The fourth-order valence-electron chi connectivity index (χ4n) is 3.47. The highest BCUT2D eigenvalue weighted by Gasteiger charge is 2.17. The molecule has 0 spiro atoms. The van der Waals surface area contributed by atoms with Crippen LogP contribution >= 0.6 is 15.9 Å². The van der Waals surface area contributed by atoms with Crippen LogP contribution in [-0.2, 0) is 4.79 Å². The Kier molecular flexibility index (Phi) is 11.5. The second-order valence-corrected chi connectivity index (χ2v) is 9.25. The van der Waals surface area contributed by atoms with E-state index in [2.05, 4.69) is 31.8 Å². The van der Waals surface area contributed by atoms with Crippen LogP contribution in [0, 0.1) is 0 Å². The van der Waals surface area contributed by atoms with Crippen molar-refractivity contribution in [2.75, 3.05) is 34.5 Å². The average molecular weight is 628 g/mol. The van der Waals surface area contributed by atoms with Crippen LogP contribution < -0.4 is 34.4 Å². The van der Waals surface area contributed by atoms with Crippen molar-refractivity contribution in [2.45, 2.75) is 13.3 Å². The van der Waals surface area contributed by atoms with Crippen LogP contribution in [0.2, 0.25) is 0 Å². The second kappa shape index (κ2) is 15.3. The van der Waals surface area contributed by atoms with Gasteiger partial charge >= 0.3 is 5.97 Å². The maximum Gasteiger partial charge on any atom is 0.343 e. The molecule has 0 aromatic heterocycles. The number of hydrazone groups is 1. The van der Waals surface area contributed by atoms with Gasteiger partial charge in [-0.1, -0.05) is 22.9 Å². The Labute approximate surface area is 245 Å². The highest BCUT2D eigenvalue weighted by Crippen LogP contribution is 2.38. The van der Waals surface area contributed by atoms with Gasteiger partial charge in [0.15, 0.2) is 11.5 Å². The summed E-state index contributed by atoms with van der Waals surface area (Å²) in [6.45, 7) is 2.24. The van der Waals surface area contributed by atoms with Gasteiger partial charge in [0, 0.05) is 15.6 Å². The largest absolute Gasteiger partial charge is 0.494 e. The molecule has 12 heteroatoms. The molecule has 0 heterocycles. The normalized spacial score (nSPS) is 10.6. The third-order valence-electron chi connectivity index (χ3n) is 5.47. The molecule has 0 bridgehead atoms. The number of halogens is 1. The average Bonchev–Trinajstić information content (AvgIpc) is 2.99. The monoisotopic (exact) mass is 627 g/mol. The lowest BCUT2D eigenvalue weighted by molar-refractivity contribution is -0.120. The molecule has 0 aliphatic carbocycles. The Morgan fingerprint density at radius 1 is 0.878 bits per heavy atom. The number of benzene rings is 3. The van der Waals surface area contributed by atoms with Crippen LogP contribution in [0.15, 0.2) is 64.2 Å². The molecule has 0 fully saturated rings. The van der Waals surface area contributed by atoms with E-state index in [9.17, 15) is 14.4 Å². The Morgan fingerprint density at radius 3 is 2.17 bits per heavy atom. The summed E-state index contributed by atoms with van der Waals surface area (Å²) in [5.41, 5.74) is 3.31. The van der Waals surface area contributed by atoms with Crippen molar-refractivity contribution in [3.05, 3.63) is 75.8 Å². The smallest absolute Gasteiger partial charge is 0.343 e. The molecule has 11 nitrogen and oxygen atoms in total. The molecule has 41 heavy (non-hydrogen) atoms. The zero-order chi connectivity index (χ0) is 29.8. The molecule has 0 aliphatic heterocycles. The molecule has 0 unspecified atom stereocenters. The first-order valence-electron chi connectivity index (χ1n) is 12.4. The molecule has 0 saturated heterocycles. The minimum absolute atomic E-state index is 0.208. The van der Waals surface area contributed by atoms with Gasteiger partial charge in [-0.2, -0.15) is 5.10 Å². The van der Waals surface area contributed by atoms with Gasteiger partial charge in [-0.25, -0.2) is 10.2 Å². The van der Waals surface area contributed by atoms with Crippen molar-refractivity contribution in [2.24, 2.45) is 5.10 Å². The number of carbonyl (C=O) groups excluding carboxylic acids is 3. The van der Waals surface area contributed by atoms with Gasteiger partial charge < -0.3 is 29.0 Å². The predicted molar refractivity (Wildman–Crippen MR) is 155 cm³/mol. The molecule has 0 atom stereocenters. The zero-order valence-corrected chi connectivity index (χ0v) is 24.6. The molecule has 2 N–H and O–H groups in total. The minimum atomic E-state index is -0.582. The molecule has 3 aromatic rings. The summed E-state index contributed by atoms with van der Waals surface area (Å²) < 4.78 is 27.6. The fourth-order valence-corrected chi connectivity index (χ4v) is 3.85. The van der Waals surface area contributed by atoms with E-state index in [1.165, 1.54) is 39.7 Å². The first-order chi connectivity index (χ1) is 19.8. The van der Waals surface area contributed by atoms with Crippen LogP contribution in [0.4, 0.5) is 0 Å². The molecule has 0 radical (unpaired) electrons. The SMILES string of the molecule is CCCOc1ccc(C(=O)Oc2ccc(Br)cc2C=NNC(=O)CNC(=O)c2cc(OC)c(OC)c(OC)c2)cc1. The van der Waals surface area contributed by atoms with Crippen LogP contribution in [0.1, 0.15) is 39.6 Å². The van der Waals surface area contributed by atoms with Crippen molar-refractivity contribution in [1.82, 2.24) is 10.7 Å². The van der Waals surface area contributed by atoms with Gasteiger partial charge in [-0.05, 0) is 61.0 Å². The summed E-state index contributed by atoms with van der Waals surface area (Å²) in [6.07, 6.45) is 2.20. The summed E-state index contributed by atoms with van der Waals surface area (Å²) >= 11 is 3.37. The quantitative estimate of drug-likeness (QED) is 0.124. The van der Waals surface area contributed by atoms with Crippen LogP contribution in [0.3, 0.4) is 0 Å². The van der Waals surface area contributed by atoms with Crippen LogP contribution in [-0.4, -0.2) is 58.5 Å². The Bertz CT molecular complexity index is 1380. The number of ether oxygens (including phenoxy) is 5. The number of esters is 1. The summed E-state index contributed by atoms with van der Waals surface area (Å²) in [6, 6.07) is 14.6. The van der Waals surface area contributed by atoms with Crippen molar-refractivity contribution >= 4 is 39.9 Å². The van der Waals surface area contributed by atoms with E-state index in [0.717, 1.165) is 6.42 Å². The van der Waals surface area contributed by atoms with Gasteiger partial charge in [0.1, 0.15) is 11.5 Å². The Morgan fingerprint density at radius 2 is 1.56 bits per heavy atom. The van der Waals surface area contributed by atoms with Gasteiger partial charge in [0.25, 0.3) is 11.8 Å². The Hall–Kier alpha value is -4.58. The van der Waals surface area contributed by atoms with Crippen LogP contribution in [0.5, 0.6) is 28.7 Å². The third-order valence-corrected chi connectivity index (χ3v) is 5.96. The predicted octanol–water partition coefficient (Wildman–Crippen LogP) is 4.36. The summed E-state index contributed by atoms with van der Waals surface area (Å²) in [7, 11) is 4.32. The standard InChI is InChI=1S/C29H30BrN3O8/c1-5-12-40-22-9-6-18(7-10-22)29(36)41-23-11-8-21(30)13-20(23)16-32-33-26(34)17-31-28(35)19-14-24(37-2)27(39-4)25(15-19)38-3/h6-11,13-16H,5,12,17H2,1-4H3,(H,31,35)(H,33,34). The lowest BCUT2D eigenvalue weighted by Crippen LogP contribution is -2.35. The first kappa shape index (κ1) is 31.0. The molecule has 3 aromatic carbocycles. The van der Waals surface area contributed by atoms with Crippen molar-refractivity contribution in [3.63, 3.8) is 0 Å². The van der Waals surface area contributed by atoms with Crippen molar-refractivity contribution < 1.29 is 38.1 Å². The van der Waals surface area contributed by atoms with E-state index in [-0.39, 0.29) is 17.9 Å². The van der Waals surface area contributed by atoms with Crippen LogP contribution in [0.25, 0.3) is 0 Å². The van der Waals surface area contributed by atoms with Crippen molar-refractivity contribution in [1.29, 1.82) is 0 Å². The number of methoxy groups -OCH3 is 3. The second-order valence-electron chi connectivity index (χ2n) is 8.33. The maximum atomic E-state index is 12.7. The number of nitrogens with one attached hydrogen (secondary N) is 2. The first-order valence-corrected chi connectivity index (χ1v) is 13.2. The lowest BCUT2D eigenvalue weighted by Gasteiger charge is -2.14. The molecule has 0 saturated carbocycles. The summed E-state index contributed by atoms with van der Waals surface area (Å²) in [4.78, 5) is 37.6. The molecule has 3 rings (SSSR count). The maximum absolute atomic E-state index is 12.7. The summed E-state index contributed by atoms with van der Waals surface area (Å²) in [5.74, 6) is 0.154. The Balaban J connectivity index is 1.60. The molecular weight excluding hydrogens is 598 g/mol. The van der Waals surface area contributed by atoms with Gasteiger partial charge in [0.2, 0.25) is 5.75 Å². The topological polar surface area (TPSA) is 134 Å². The van der Waals surface area contributed by atoms with E-state index in [1.54, 1.807) is 42.5 Å². The van der Waals surface area contributed by atoms with Crippen molar-refractivity contribution in [3.8, 4) is 28.7 Å². The number of carbonyl (C=O) groups is 3. The van der Waals surface area contributed by atoms with E-state index in [1.807, 2.05) is 6.92 Å². The number of nitrogens with zero attached hydrogens (tertiary/aromatic N) is 1. The lowest BCUT2D eigenvalue weighted by atomic mass is 10.1. The molecule has 0 aliphatic rings. The number of hydrogen-bond acceptors (Lipinski definition) is 9. The van der Waals surface area contributed by atoms with Gasteiger partial charge in [0.05, 0.1) is 46.3 Å². The van der Waals surface area contributed by atoms with Gasteiger partial charge in [-0.3, -0.25) is 9.59 Å². The number of amides is 2. The van der Waals surface area contributed by atoms with E-state index in [4.69, 9.17) is 23.7 Å². The summed E-state index contributed by atoms with van der Waals surface area (Å²) in [5, 5.41) is 6.44. The number of rotatable bonds is 13. The fraction of sp³-hybridized carbons (Fsp3) is 0.241. The minimum Gasteiger partial charge on any atom is -0.494 e. The molecule has 216 valence electrons. The highest BCUT2D eigenvalue weighted by atomic mass is 79.9. The highest BCUT2D eigenvalue weighted by molar-refractivity contribution is 9.10. The van der Waals surface area contributed by atoms with E-state index in [0.29, 0.717) is 45.2 Å². The van der Waals surface area contributed by atoms with E-state index < -0.39 is 17.8 Å². The number of hydrogen-bond donors (Lipinski definition) is 2. The zero-order valence-electron chi connectivity index (χ0n) is 23.0. The molecule has 2 amide bonds. The van der Waals surface area contributed by atoms with Gasteiger partial charge in [-0.15, -0.1) is 0 Å².